The number of aryl methyl sites for hydroxylation is 1. The van der Waals surface area contributed by atoms with Crippen LogP contribution in [0.3, 0.4) is 0 Å². The van der Waals surface area contributed by atoms with Gasteiger partial charge in [0.1, 0.15) is 16.8 Å². The zero-order chi connectivity index (χ0) is 19.9. The summed E-state index contributed by atoms with van der Waals surface area (Å²) in [5.74, 6) is -0.790. The standard InChI is InChI=1S/C19H23N5O3S/c1-3-5-11-16-21-22-19(28-16)20-17(25)15-12-14(18(26)27-4-2)23-24(15)13-9-7-6-8-10-13/h6-10,15H,3-5,11-12H2,1-2H3,(H,20,22,25). The molecule has 1 aromatic heterocycles. The molecule has 0 saturated heterocycles. The van der Waals surface area contributed by atoms with E-state index in [1.807, 2.05) is 30.3 Å². The highest BCUT2D eigenvalue weighted by atomic mass is 32.1. The topological polar surface area (TPSA) is 96.8 Å². The Morgan fingerprint density at radius 3 is 2.75 bits per heavy atom. The zero-order valence-electron chi connectivity index (χ0n) is 15.9. The molecule has 9 heteroatoms. The summed E-state index contributed by atoms with van der Waals surface area (Å²) in [7, 11) is 0. The maximum atomic E-state index is 12.9. The molecule has 1 amide bonds. The molecule has 2 aromatic rings. The summed E-state index contributed by atoms with van der Waals surface area (Å²) in [5.41, 5.74) is 0.953. The number of aromatic nitrogens is 2. The molecular weight excluding hydrogens is 378 g/mol. The van der Waals surface area contributed by atoms with E-state index in [1.165, 1.54) is 11.3 Å². The van der Waals surface area contributed by atoms with Crippen LogP contribution in [0.1, 0.15) is 38.1 Å². The van der Waals surface area contributed by atoms with Crippen molar-refractivity contribution in [3.05, 3.63) is 35.3 Å². The lowest BCUT2D eigenvalue weighted by molar-refractivity contribution is -0.135. The van der Waals surface area contributed by atoms with Gasteiger partial charge in [0, 0.05) is 12.8 Å². The quantitative estimate of drug-likeness (QED) is 0.683. The number of benzene rings is 1. The van der Waals surface area contributed by atoms with Gasteiger partial charge in [-0.05, 0) is 25.5 Å². The number of carbonyl (C=O) groups is 2. The van der Waals surface area contributed by atoms with E-state index in [0.29, 0.717) is 5.13 Å². The van der Waals surface area contributed by atoms with Crippen molar-refractivity contribution in [3.63, 3.8) is 0 Å². The van der Waals surface area contributed by atoms with Gasteiger partial charge in [0.15, 0.2) is 0 Å². The van der Waals surface area contributed by atoms with Gasteiger partial charge in [-0.15, -0.1) is 10.2 Å². The molecule has 2 heterocycles. The molecule has 1 unspecified atom stereocenters. The van der Waals surface area contributed by atoms with Crippen LogP contribution >= 0.6 is 11.3 Å². The van der Waals surface area contributed by atoms with Crippen LogP contribution in [0.15, 0.2) is 35.4 Å². The Hall–Kier alpha value is -2.81. The van der Waals surface area contributed by atoms with Gasteiger partial charge in [-0.25, -0.2) is 4.79 Å². The molecular formula is C19H23N5O3S. The number of carbonyl (C=O) groups excluding carboxylic acids is 2. The summed E-state index contributed by atoms with van der Waals surface area (Å²) in [4.78, 5) is 25.0. The molecule has 3 rings (SSSR count). The van der Waals surface area contributed by atoms with E-state index in [9.17, 15) is 9.59 Å². The summed E-state index contributed by atoms with van der Waals surface area (Å²) in [6.45, 7) is 4.10. The van der Waals surface area contributed by atoms with Crippen molar-refractivity contribution in [2.24, 2.45) is 5.10 Å². The molecule has 0 radical (unpaired) electrons. The highest BCUT2D eigenvalue weighted by Gasteiger charge is 2.37. The van der Waals surface area contributed by atoms with Gasteiger partial charge in [0.25, 0.3) is 5.91 Å². The monoisotopic (exact) mass is 401 g/mol. The van der Waals surface area contributed by atoms with E-state index in [0.717, 1.165) is 30.0 Å². The lowest BCUT2D eigenvalue weighted by atomic mass is 10.1. The maximum Gasteiger partial charge on any atom is 0.354 e. The summed E-state index contributed by atoms with van der Waals surface area (Å²) in [5, 5.41) is 18.2. The molecule has 0 fully saturated rings. The molecule has 0 aliphatic carbocycles. The number of anilines is 2. The minimum Gasteiger partial charge on any atom is -0.461 e. The van der Waals surface area contributed by atoms with Crippen LogP contribution < -0.4 is 10.3 Å². The Bertz CT molecular complexity index is 852. The van der Waals surface area contributed by atoms with Crippen LogP contribution in [0.4, 0.5) is 10.8 Å². The minimum absolute atomic E-state index is 0.168. The number of ether oxygens (including phenoxy) is 1. The first kappa shape index (κ1) is 19.9. The van der Waals surface area contributed by atoms with Gasteiger partial charge < -0.3 is 4.74 Å². The third kappa shape index (κ3) is 4.72. The third-order valence-electron chi connectivity index (χ3n) is 4.19. The number of unbranched alkanes of at least 4 members (excludes halogenated alkanes) is 1. The number of hydrogen-bond acceptors (Lipinski definition) is 8. The van der Waals surface area contributed by atoms with Crippen molar-refractivity contribution in [2.75, 3.05) is 16.9 Å². The average molecular weight is 401 g/mol. The van der Waals surface area contributed by atoms with Crippen LogP contribution in [0.25, 0.3) is 0 Å². The van der Waals surface area contributed by atoms with Gasteiger partial charge in [0.2, 0.25) is 5.13 Å². The number of rotatable bonds is 8. The summed E-state index contributed by atoms with van der Waals surface area (Å²) in [6, 6.07) is 8.60. The molecule has 8 nitrogen and oxygen atoms in total. The second-order valence-corrected chi connectivity index (χ2v) is 7.32. The van der Waals surface area contributed by atoms with E-state index in [4.69, 9.17) is 4.74 Å². The van der Waals surface area contributed by atoms with Crippen molar-refractivity contribution in [2.45, 2.75) is 45.6 Å². The number of nitrogens with one attached hydrogen (secondary N) is 1. The van der Waals surface area contributed by atoms with Crippen LogP contribution in [0.5, 0.6) is 0 Å². The van der Waals surface area contributed by atoms with E-state index in [2.05, 4.69) is 27.5 Å². The molecule has 28 heavy (non-hydrogen) atoms. The first-order valence-corrected chi connectivity index (χ1v) is 10.2. The SMILES string of the molecule is CCCCc1nnc(NC(=O)C2CC(C(=O)OCC)=NN2c2ccccc2)s1. The predicted molar refractivity (Wildman–Crippen MR) is 109 cm³/mol. The fraction of sp³-hybridized carbons (Fsp3) is 0.421. The molecule has 0 spiro atoms. The molecule has 1 N–H and O–H groups in total. The molecule has 148 valence electrons. The number of nitrogens with zero attached hydrogens (tertiary/aromatic N) is 4. The second-order valence-electron chi connectivity index (χ2n) is 6.26. The Morgan fingerprint density at radius 2 is 2.04 bits per heavy atom. The highest BCUT2D eigenvalue weighted by Crippen LogP contribution is 2.26. The van der Waals surface area contributed by atoms with Crippen molar-refractivity contribution >= 4 is 39.7 Å². The van der Waals surface area contributed by atoms with Crippen LogP contribution in [-0.2, 0) is 20.7 Å². The number of esters is 1. The Kier molecular flexibility index (Phi) is 6.70. The van der Waals surface area contributed by atoms with Crippen molar-refractivity contribution in [3.8, 4) is 0 Å². The molecule has 0 saturated carbocycles. The Labute approximate surface area is 167 Å². The maximum absolute atomic E-state index is 12.9. The lowest BCUT2D eigenvalue weighted by Gasteiger charge is -2.22. The van der Waals surface area contributed by atoms with Crippen molar-refractivity contribution < 1.29 is 14.3 Å². The largest absolute Gasteiger partial charge is 0.461 e. The first-order chi connectivity index (χ1) is 13.6. The Balaban J connectivity index is 1.75. The second kappa shape index (κ2) is 9.41. The smallest absolute Gasteiger partial charge is 0.354 e. The van der Waals surface area contributed by atoms with Gasteiger partial charge in [-0.3, -0.25) is 15.1 Å². The lowest BCUT2D eigenvalue weighted by Crippen LogP contribution is -2.38. The van der Waals surface area contributed by atoms with Crippen molar-refractivity contribution in [1.29, 1.82) is 0 Å². The number of hydrazone groups is 1. The normalized spacial score (nSPS) is 16.0. The van der Waals surface area contributed by atoms with Gasteiger partial charge in [-0.1, -0.05) is 42.9 Å². The molecule has 0 bridgehead atoms. The molecule has 1 aromatic carbocycles. The van der Waals surface area contributed by atoms with Crippen LogP contribution in [-0.4, -0.2) is 40.4 Å². The molecule has 1 aliphatic rings. The van der Waals surface area contributed by atoms with E-state index < -0.39 is 12.0 Å². The predicted octanol–water partition coefficient (Wildman–Crippen LogP) is 3.02. The fourth-order valence-electron chi connectivity index (χ4n) is 2.79. The highest BCUT2D eigenvalue weighted by molar-refractivity contribution is 7.15. The first-order valence-electron chi connectivity index (χ1n) is 9.34. The van der Waals surface area contributed by atoms with Gasteiger partial charge >= 0.3 is 5.97 Å². The number of amides is 1. The third-order valence-corrected chi connectivity index (χ3v) is 5.08. The van der Waals surface area contributed by atoms with Gasteiger partial charge in [-0.2, -0.15) is 5.10 Å². The number of hydrogen-bond donors (Lipinski definition) is 1. The molecule has 1 atom stereocenters. The van der Waals surface area contributed by atoms with E-state index >= 15 is 0 Å². The average Bonchev–Trinajstić information content (AvgIpc) is 3.34. The van der Waals surface area contributed by atoms with Crippen LogP contribution in [0, 0.1) is 0 Å². The Morgan fingerprint density at radius 1 is 1.25 bits per heavy atom. The fourth-order valence-corrected chi connectivity index (χ4v) is 3.58. The summed E-state index contributed by atoms with van der Waals surface area (Å²) < 4.78 is 5.05. The van der Waals surface area contributed by atoms with E-state index in [-0.39, 0.29) is 24.6 Å². The van der Waals surface area contributed by atoms with Gasteiger partial charge in [0.05, 0.1) is 12.3 Å². The minimum atomic E-state index is -0.662. The number of para-hydroxylation sites is 1. The summed E-state index contributed by atoms with van der Waals surface area (Å²) >= 11 is 1.37. The zero-order valence-corrected chi connectivity index (χ0v) is 16.7. The summed E-state index contributed by atoms with van der Waals surface area (Å²) in [6.07, 6.45) is 3.12. The van der Waals surface area contributed by atoms with Crippen molar-refractivity contribution in [1.82, 2.24) is 10.2 Å². The van der Waals surface area contributed by atoms with E-state index in [1.54, 1.807) is 11.9 Å². The van der Waals surface area contributed by atoms with Crippen LogP contribution in [0.2, 0.25) is 0 Å². The molecule has 1 aliphatic heterocycles.